The van der Waals surface area contributed by atoms with Crippen LogP contribution in [0.2, 0.25) is 5.02 Å². The number of methoxy groups -OCH3 is 1. The molecule has 1 unspecified atom stereocenters. The number of hydrogen-bond donors (Lipinski definition) is 2. The first-order valence-corrected chi connectivity index (χ1v) is 8.95. The van der Waals surface area contributed by atoms with E-state index in [1.165, 1.54) is 24.8 Å². The molecule has 27 heavy (non-hydrogen) atoms. The molecule has 0 aliphatic rings. The van der Waals surface area contributed by atoms with Crippen LogP contribution in [0, 0.1) is 0 Å². The van der Waals surface area contributed by atoms with E-state index in [9.17, 15) is 9.59 Å². The minimum Gasteiger partial charge on any atom is -0.493 e. The minimum absolute atomic E-state index is 0.163. The van der Waals surface area contributed by atoms with Crippen molar-refractivity contribution in [2.75, 3.05) is 20.3 Å². The zero-order chi connectivity index (χ0) is 19.8. The van der Waals surface area contributed by atoms with Gasteiger partial charge in [-0.3, -0.25) is 9.59 Å². The molecule has 0 aliphatic heterocycles. The summed E-state index contributed by atoms with van der Waals surface area (Å²) in [4.78, 5) is 23.5. The highest BCUT2D eigenvalue weighted by atomic mass is 35.5. The monoisotopic (exact) mass is 390 g/mol. The van der Waals surface area contributed by atoms with E-state index in [0.717, 1.165) is 6.42 Å². The summed E-state index contributed by atoms with van der Waals surface area (Å²) in [7, 11) is 1.42. The van der Waals surface area contributed by atoms with Gasteiger partial charge in [0.15, 0.2) is 18.1 Å². The molecule has 0 radical (unpaired) electrons. The maximum atomic E-state index is 12.6. The Morgan fingerprint density at radius 3 is 2.52 bits per heavy atom. The molecular weight excluding hydrogens is 368 g/mol. The van der Waals surface area contributed by atoms with E-state index in [1.54, 1.807) is 0 Å². The van der Waals surface area contributed by atoms with Crippen LogP contribution in [0.15, 0.2) is 42.5 Å². The minimum atomic E-state index is -0.638. The molecule has 7 heteroatoms. The highest BCUT2D eigenvalue weighted by molar-refractivity contribution is 6.32. The quantitative estimate of drug-likeness (QED) is 0.688. The lowest BCUT2D eigenvalue weighted by Gasteiger charge is -2.17. The van der Waals surface area contributed by atoms with Crippen molar-refractivity contribution in [1.29, 1.82) is 0 Å². The number of nitrogens with one attached hydrogen (secondary N) is 1. The zero-order valence-electron chi connectivity index (χ0n) is 15.3. The SMILES string of the molecule is CCC(CNC(=O)c1cc(Cl)c(OCC(N)=O)c(OC)c1)c1ccccc1. The number of amides is 2. The topological polar surface area (TPSA) is 90.6 Å². The van der Waals surface area contributed by atoms with Crippen LogP contribution in [0.3, 0.4) is 0 Å². The van der Waals surface area contributed by atoms with Crippen LogP contribution in [0.1, 0.15) is 35.2 Å². The van der Waals surface area contributed by atoms with Gasteiger partial charge in [0.05, 0.1) is 12.1 Å². The molecule has 2 aromatic carbocycles. The van der Waals surface area contributed by atoms with E-state index in [1.807, 2.05) is 30.3 Å². The molecule has 0 fully saturated rings. The van der Waals surface area contributed by atoms with Crippen molar-refractivity contribution in [3.63, 3.8) is 0 Å². The van der Waals surface area contributed by atoms with Crippen LogP contribution in [0.25, 0.3) is 0 Å². The summed E-state index contributed by atoms with van der Waals surface area (Å²) in [5.41, 5.74) is 6.59. The van der Waals surface area contributed by atoms with Crippen molar-refractivity contribution in [2.24, 2.45) is 5.73 Å². The van der Waals surface area contributed by atoms with Crippen LogP contribution in [0.5, 0.6) is 11.5 Å². The van der Waals surface area contributed by atoms with Gasteiger partial charge >= 0.3 is 0 Å². The standard InChI is InChI=1S/C20H23ClN2O4/c1-3-13(14-7-5-4-6-8-14)11-23-20(25)15-9-16(21)19(17(10-15)26-2)27-12-18(22)24/h4-10,13H,3,11-12H2,1-2H3,(H2,22,24)(H,23,25). The predicted octanol–water partition coefficient (Wildman–Crippen LogP) is 3.14. The molecule has 2 aromatic rings. The van der Waals surface area contributed by atoms with Gasteiger partial charge in [0.2, 0.25) is 0 Å². The number of hydrogen-bond acceptors (Lipinski definition) is 4. The number of primary amides is 1. The highest BCUT2D eigenvalue weighted by Crippen LogP contribution is 2.36. The Balaban J connectivity index is 2.11. The van der Waals surface area contributed by atoms with Crippen LogP contribution < -0.4 is 20.5 Å². The third-order valence-electron chi connectivity index (χ3n) is 4.12. The van der Waals surface area contributed by atoms with Crippen molar-refractivity contribution >= 4 is 23.4 Å². The Hall–Kier alpha value is -2.73. The Bertz CT molecular complexity index is 796. The molecule has 0 saturated heterocycles. The Kier molecular flexibility index (Phi) is 7.49. The van der Waals surface area contributed by atoms with Gasteiger partial charge in [0.25, 0.3) is 11.8 Å². The number of nitrogens with two attached hydrogens (primary N) is 1. The van der Waals surface area contributed by atoms with Gasteiger partial charge in [0.1, 0.15) is 0 Å². The van der Waals surface area contributed by atoms with Gasteiger partial charge in [0, 0.05) is 18.0 Å². The fraction of sp³-hybridized carbons (Fsp3) is 0.300. The molecule has 2 amide bonds. The van der Waals surface area contributed by atoms with E-state index in [4.69, 9.17) is 26.8 Å². The molecule has 0 saturated carbocycles. The largest absolute Gasteiger partial charge is 0.493 e. The molecule has 1 atom stereocenters. The van der Waals surface area contributed by atoms with E-state index in [-0.39, 0.29) is 35.0 Å². The molecule has 144 valence electrons. The van der Waals surface area contributed by atoms with Crippen LogP contribution in [-0.2, 0) is 4.79 Å². The average molecular weight is 391 g/mol. The van der Waals surface area contributed by atoms with Crippen molar-refractivity contribution in [1.82, 2.24) is 5.32 Å². The lowest BCUT2D eigenvalue weighted by atomic mass is 9.96. The van der Waals surface area contributed by atoms with Gasteiger partial charge in [-0.2, -0.15) is 0 Å². The molecule has 0 aromatic heterocycles. The first kappa shape index (κ1) is 20.6. The molecule has 0 aliphatic carbocycles. The normalized spacial score (nSPS) is 11.5. The summed E-state index contributed by atoms with van der Waals surface area (Å²) < 4.78 is 10.5. The summed E-state index contributed by atoms with van der Waals surface area (Å²) in [5, 5.41) is 3.09. The molecule has 2 rings (SSSR count). The number of carbonyl (C=O) groups is 2. The summed E-state index contributed by atoms with van der Waals surface area (Å²) >= 11 is 6.19. The third kappa shape index (κ3) is 5.62. The number of ether oxygens (including phenoxy) is 2. The van der Waals surface area contributed by atoms with E-state index in [2.05, 4.69) is 12.2 Å². The maximum absolute atomic E-state index is 12.6. The number of carbonyl (C=O) groups excluding carboxylic acids is 2. The van der Waals surface area contributed by atoms with Crippen LogP contribution in [-0.4, -0.2) is 32.1 Å². The van der Waals surface area contributed by atoms with Gasteiger partial charge in [-0.15, -0.1) is 0 Å². The highest BCUT2D eigenvalue weighted by Gasteiger charge is 2.18. The maximum Gasteiger partial charge on any atom is 0.255 e. The Labute approximate surface area is 163 Å². The van der Waals surface area contributed by atoms with E-state index >= 15 is 0 Å². The van der Waals surface area contributed by atoms with E-state index in [0.29, 0.717) is 12.1 Å². The van der Waals surface area contributed by atoms with Crippen molar-refractivity contribution in [3.05, 3.63) is 58.6 Å². The molecule has 0 spiro atoms. The fourth-order valence-electron chi connectivity index (χ4n) is 2.68. The fourth-order valence-corrected chi connectivity index (χ4v) is 2.94. The first-order chi connectivity index (χ1) is 13.0. The molecule has 6 nitrogen and oxygen atoms in total. The predicted molar refractivity (Wildman–Crippen MR) is 105 cm³/mol. The number of halogens is 1. The number of benzene rings is 2. The van der Waals surface area contributed by atoms with Gasteiger partial charge in [-0.05, 0) is 24.1 Å². The summed E-state index contributed by atoms with van der Waals surface area (Å²) in [6.45, 7) is 2.24. The zero-order valence-corrected chi connectivity index (χ0v) is 16.1. The second kappa shape index (κ2) is 9.83. The first-order valence-electron chi connectivity index (χ1n) is 8.58. The van der Waals surface area contributed by atoms with Gasteiger partial charge in [-0.25, -0.2) is 0 Å². The van der Waals surface area contributed by atoms with Gasteiger partial charge < -0.3 is 20.5 Å². The Morgan fingerprint density at radius 1 is 1.22 bits per heavy atom. The van der Waals surface area contributed by atoms with E-state index < -0.39 is 5.91 Å². The van der Waals surface area contributed by atoms with Crippen LogP contribution >= 0.6 is 11.6 Å². The summed E-state index contributed by atoms with van der Waals surface area (Å²) in [6.07, 6.45) is 0.897. The Morgan fingerprint density at radius 2 is 1.93 bits per heavy atom. The van der Waals surface area contributed by atoms with Crippen molar-refractivity contribution in [3.8, 4) is 11.5 Å². The van der Waals surface area contributed by atoms with Crippen molar-refractivity contribution in [2.45, 2.75) is 19.3 Å². The lowest BCUT2D eigenvalue weighted by molar-refractivity contribution is -0.119. The van der Waals surface area contributed by atoms with Gasteiger partial charge in [-0.1, -0.05) is 48.9 Å². The molecule has 0 heterocycles. The average Bonchev–Trinajstić information content (AvgIpc) is 2.67. The molecular formula is C20H23ClN2O4. The third-order valence-corrected chi connectivity index (χ3v) is 4.40. The molecule has 3 N–H and O–H groups in total. The smallest absolute Gasteiger partial charge is 0.255 e. The van der Waals surface area contributed by atoms with Crippen LogP contribution in [0.4, 0.5) is 0 Å². The summed E-state index contributed by atoms with van der Waals surface area (Å²) in [5.74, 6) is -0.271. The lowest BCUT2D eigenvalue weighted by Crippen LogP contribution is -2.28. The number of rotatable bonds is 9. The second-order valence-corrected chi connectivity index (χ2v) is 6.38. The van der Waals surface area contributed by atoms with Crippen molar-refractivity contribution < 1.29 is 19.1 Å². The summed E-state index contributed by atoms with van der Waals surface area (Å²) in [6, 6.07) is 13.0. The molecule has 0 bridgehead atoms. The second-order valence-electron chi connectivity index (χ2n) is 5.97.